The van der Waals surface area contributed by atoms with Crippen LogP contribution in [0.1, 0.15) is 21.7 Å². The summed E-state index contributed by atoms with van der Waals surface area (Å²) < 4.78 is 0. The molecule has 126 valence electrons. The number of nitrogens with one attached hydrogen (secondary N) is 2. The number of aromatic nitrogens is 3. The first kappa shape index (κ1) is 16.9. The summed E-state index contributed by atoms with van der Waals surface area (Å²) in [6, 6.07) is 16.4. The van der Waals surface area contributed by atoms with Gasteiger partial charge in [0.15, 0.2) is 5.69 Å². The van der Waals surface area contributed by atoms with Crippen LogP contribution in [0.5, 0.6) is 0 Å². The first-order valence-corrected chi connectivity index (χ1v) is 8.09. The summed E-state index contributed by atoms with van der Waals surface area (Å²) >= 11 is 5.86. The first-order chi connectivity index (χ1) is 12.2. The molecule has 3 rings (SSSR count). The van der Waals surface area contributed by atoms with Gasteiger partial charge >= 0.3 is 0 Å². The van der Waals surface area contributed by atoms with Crippen molar-refractivity contribution in [1.29, 1.82) is 0 Å². The first-order valence-electron chi connectivity index (χ1n) is 7.71. The van der Waals surface area contributed by atoms with E-state index in [-0.39, 0.29) is 11.6 Å². The van der Waals surface area contributed by atoms with Gasteiger partial charge in [-0.25, -0.2) is 0 Å². The van der Waals surface area contributed by atoms with Crippen molar-refractivity contribution in [3.05, 3.63) is 82.8 Å². The fraction of sp³-hybridized carbons (Fsp3) is 0.111. The predicted molar refractivity (Wildman–Crippen MR) is 96.2 cm³/mol. The molecule has 2 N–H and O–H groups in total. The smallest absolute Gasteiger partial charge is 0.272 e. The Bertz CT molecular complexity index is 822. The van der Waals surface area contributed by atoms with Gasteiger partial charge in [-0.1, -0.05) is 29.8 Å². The van der Waals surface area contributed by atoms with Gasteiger partial charge in [-0.3, -0.25) is 9.78 Å². The molecule has 6 nitrogen and oxygen atoms in total. The third-order valence-electron chi connectivity index (χ3n) is 3.44. The van der Waals surface area contributed by atoms with Crippen LogP contribution < -0.4 is 10.6 Å². The van der Waals surface area contributed by atoms with Gasteiger partial charge in [0.25, 0.3) is 5.91 Å². The van der Waals surface area contributed by atoms with E-state index in [1.54, 1.807) is 18.3 Å². The molecule has 0 atom stereocenters. The lowest BCUT2D eigenvalue weighted by Gasteiger charge is -2.07. The van der Waals surface area contributed by atoms with Crippen molar-refractivity contribution in [3.63, 3.8) is 0 Å². The monoisotopic (exact) mass is 353 g/mol. The van der Waals surface area contributed by atoms with Crippen LogP contribution in [0.3, 0.4) is 0 Å². The van der Waals surface area contributed by atoms with E-state index in [4.69, 9.17) is 11.6 Å². The van der Waals surface area contributed by atoms with E-state index in [9.17, 15) is 4.79 Å². The molecule has 3 aromatic rings. The van der Waals surface area contributed by atoms with Crippen LogP contribution in [-0.2, 0) is 13.1 Å². The number of pyridine rings is 1. The Kier molecular flexibility index (Phi) is 5.53. The topological polar surface area (TPSA) is 79.8 Å². The molecule has 25 heavy (non-hydrogen) atoms. The molecule has 2 heterocycles. The molecule has 0 saturated carbocycles. The molecular formula is C18H16ClN5O. The van der Waals surface area contributed by atoms with Crippen molar-refractivity contribution in [2.24, 2.45) is 0 Å². The minimum Gasteiger partial charge on any atom is -0.365 e. The lowest BCUT2D eigenvalue weighted by Crippen LogP contribution is -2.24. The number of hydrogen-bond acceptors (Lipinski definition) is 5. The number of amides is 1. The Balaban J connectivity index is 1.52. The highest BCUT2D eigenvalue weighted by atomic mass is 35.5. The standard InChI is InChI=1S/C18H16ClN5O/c19-14-6-4-13(5-7-14)11-21-17-9-8-16(23-24-17)18(25)22-12-15-3-1-2-10-20-15/h1-10H,11-12H2,(H,21,24)(H,22,25). The van der Waals surface area contributed by atoms with Crippen LogP contribution in [0.15, 0.2) is 60.8 Å². The molecule has 0 radical (unpaired) electrons. The highest BCUT2D eigenvalue weighted by Crippen LogP contribution is 2.11. The number of anilines is 1. The summed E-state index contributed by atoms with van der Waals surface area (Å²) in [6.07, 6.45) is 1.68. The summed E-state index contributed by atoms with van der Waals surface area (Å²) in [4.78, 5) is 16.2. The normalized spacial score (nSPS) is 10.3. The number of benzene rings is 1. The lowest BCUT2D eigenvalue weighted by molar-refractivity contribution is 0.0944. The molecule has 7 heteroatoms. The quantitative estimate of drug-likeness (QED) is 0.712. The van der Waals surface area contributed by atoms with Crippen LogP contribution in [0.25, 0.3) is 0 Å². The van der Waals surface area contributed by atoms with Gasteiger partial charge in [0.2, 0.25) is 0 Å². The van der Waals surface area contributed by atoms with Crippen molar-refractivity contribution in [2.45, 2.75) is 13.1 Å². The van der Waals surface area contributed by atoms with Gasteiger partial charge < -0.3 is 10.6 Å². The van der Waals surface area contributed by atoms with Crippen molar-refractivity contribution in [1.82, 2.24) is 20.5 Å². The summed E-state index contributed by atoms with van der Waals surface area (Å²) in [7, 11) is 0. The molecule has 0 saturated heterocycles. The average Bonchev–Trinajstić information content (AvgIpc) is 2.67. The minimum atomic E-state index is -0.289. The van der Waals surface area contributed by atoms with Gasteiger partial charge in [-0.2, -0.15) is 0 Å². The highest BCUT2D eigenvalue weighted by molar-refractivity contribution is 6.30. The van der Waals surface area contributed by atoms with E-state index in [0.29, 0.717) is 23.9 Å². The van der Waals surface area contributed by atoms with Crippen molar-refractivity contribution >= 4 is 23.3 Å². The SMILES string of the molecule is O=C(NCc1ccccn1)c1ccc(NCc2ccc(Cl)cc2)nn1. The number of halogens is 1. The molecule has 0 aliphatic heterocycles. The number of nitrogens with zero attached hydrogens (tertiary/aromatic N) is 3. The van der Waals surface area contributed by atoms with E-state index in [2.05, 4.69) is 25.8 Å². The van der Waals surface area contributed by atoms with Crippen molar-refractivity contribution in [3.8, 4) is 0 Å². The van der Waals surface area contributed by atoms with E-state index >= 15 is 0 Å². The average molecular weight is 354 g/mol. The van der Waals surface area contributed by atoms with Gasteiger partial charge in [-0.15, -0.1) is 10.2 Å². The number of rotatable bonds is 6. The van der Waals surface area contributed by atoms with Crippen LogP contribution in [0, 0.1) is 0 Å². The zero-order valence-corrected chi connectivity index (χ0v) is 14.1. The number of carbonyl (C=O) groups excluding carboxylic acids is 1. The Morgan fingerprint density at radius 3 is 2.48 bits per heavy atom. The molecule has 0 bridgehead atoms. The maximum absolute atomic E-state index is 12.1. The van der Waals surface area contributed by atoms with Crippen LogP contribution in [-0.4, -0.2) is 21.1 Å². The molecule has 0 aliphatic rings. The third-order valence-corrected chi connectivity index (χ3v) is 3.69. The number of hydrogen-bond donors (Lipinski definition) is 2. The molecule has 0 aliphatic carbocycles. The van der Waals surface area contributed by atoms with Gasteiger partial charge in [0, 0.05) is 17.8 Å². The second-order valence-electron chi connectivity index (χ2n) is 5.29. The van der Waals surface area contributed by atoms with E-state index in [0.717, 1.165) is 11.3 Å². The Labute approximate surface area is 150 Å². The van der Waals surface area contributed by atoms with Crippen LogP contribution in [0.2, 0.25) is 5.02 Å². The second-order valence-corrected chi connectivity index (χ2v) is 5.72. The Morgan fingerprint density at radius 1 is 0.960 bits per heavy atom. The van der Waals surface area contributed by atoms with Crippen molar-refractivity contribution < 1.29 is 4.79 Å². The van der Waals surface area contributed by atoms with Gasteiger partial charge in [0.1, 0.15) is 5.82 Å². The minimum absolute atomic E-state index is 0.257. The molecule has 0 unspecified atom stereocenters. The van der Waals surface area contributed by atoms with Crippen LogP contribution >= 0.6 is 11.6 Å². The lowest BCUT2D eigenvalue weighted by atomic mass is 10.2. The maximum Gasteiger partial charge on any atom is 0.272 e. The molecule has 1 amide bonds. The molecule has 0 fully saturated rings. The molecule has 1 aromatic carbocycles. The molecule has 0 spiro atoms. The predicted octanol–water partition coefficient (Wildman–Crippen LogP) is 3.07. The largest absolute Gasteiger partial charge is 0.365 e. The Hall–Kier alpha value is -2.99. The third kappa shape index (κ3) is 4.99. The summed E-state index contributed by atoms with van der Waals surface area (Å²) in [5, 5.41) is 14.6. The summed E-state index contributed by atoms with van der Waals surface area (Å²) in [5.41, 5.74) is 2.11. The van der Waals surface area contributed by atoms with Crippen LogP contribution in [0.4, 0.5) is 5.82 Å². The van der Waals surface area contributed by atoms with E-state index < -0.39 is 0 Å². The maximum atomic E-state index is 12.1. The zero-order valence-electron chi connectivity index (χ0n) is 13.3. The summed E-state index contributed by atoms with van der Waals surface area (Å²) in [6.45, 7) is 0.939. The molecular weight excluding hydrogens is 338 g/mol. The van der Waals surface area contributed by atoms with Gasteiger partial charge in [-0.05, 0) is 42.0 Å². The zero-order chi connectivity index (χ0) is 17.5. The van der Waals surface area contributed by atoms with E-state index in [1.807, 2.05) is 42.5 Å². The Morgan fingerprint density at radius 2 is 1.80 bits per heavy atom. The van der Waals surface area contributed by atoms with E-state index in [1.165, 1.54) is 0 Å². The number of carbonyl (C=O) groups is 1. The fourth-order valence-corrected chi connectivity index (χ4v) is 2.23. The fourth-order valence-electron chi connectivity index (χ4n) is 2.11. The van der Waals surface area contributed by atoms with Crippen molar-refractivity contribution in [2.75, 3.05) is 5.32 Å². The second kappa shape index (κ2) is 8.21. The highest BCUT2D eigenvalue weighted by Gasteiger charge is 2.08. The van der Waals surface area contributed by atoms with Gasteiger partial charge in [0.05, 0.1) is 12.2 Å². The summed E-state index contributed by atoms with van der Waals surface area (Å²) in [5.74, 6) is 0.304. The molecule has 2 aromatic heterocycles.